The summed E-state index contributed by atoms with van der Waals surface area (Å²) in [6, 6.07) is 9.94. The van der Waals surface area contributed by atoms with Gasteiger partial charge in [-0.2, -0.15) is 0 Å². The lowest BCUT2D eigenvalue weighted by Gasteiger charge is -2.18. The van der Waals surface area contributed by atoms with E-state index in [1.54, 1.807) is 0 Å². The number of benzene rings is 1. The fourth-order valence-corrected chi connectivity index (χ4v) is 4.73. The van der Waals surface area contributed by atoms with E-state index in [2.05, 4.69) is 36.7 Å². The van der Waals surface area contributed by atoms with Crippen molar-refractivity contribution in [3.63, 3.8) is 0 Å². The quantitative estimate of drug-likeness (QED) is 0.193. The van der Waals surface area contributed by atoms with Gasteiger partial charge < -0.3 is 14.6 Å². The highest BCUT2D eigenvalue weighted by atomic mass is 16.5. The summed E-state index contributed by atoms with van der Waals surface area (Å²) >= 11 is 0. The van der Waals surface area contributed by atoms with Crippen molar-refractivity contribution in [2.24, 2.45) is 13.0 Å². The number of unbranched alkanes of at least 4 members (excludes halogenated alkanes) is 2. The number of anilines is 1. The van der Waals surface area contributed by atoms with Crippen LogP contribution in [0.4, 0.5) is 5.69 Å². The lowest BCUT2D eigenvalue weighted by molar-refractivity contribution is -0.143. The Labute approximate surface area is 212 Å². The summed E-state index contributed by atoms with van der Waals surface area (Å²) in [4.78, 5) is 25.2. The molecular formula is C30H46N2O3. The normalized spacial score (nSPS) is 11.1. The molecule has 1 heterocycles. The SMILES string of the molecule is CCCCC(CCCC)CNc1cccc(C(=O)c2cc(CCCC(=O)OCC)n(C)c2CC)c1. The Morgan fingerprint density at radius 3 is 2.34 bits per heavy atom. The molecule has 194 valence electrons. The van der Waals surface area contributed by atoms with E-state index in [9.17, 15) is 9.59 Å². The van der Waals surface area contributed by atoms with E-state index < -0.39 is 0 Å². The Morgan fingerprint density at radius 1 is 1.00 bits per heavy atom. The maximum Gasteiger partial charge on any atom is 0.305 e. The summed E-state index contributed by atoms with van der Waals surface area (Å²) in [6.07, 6.45) is 10.1. The van der Waals surface area contributed by atoms with Gasteiger partial charge in [-0.15, -0.1) is 0 Å². The van der Waals surface area contributed by atoms with Crippen molar-refractivity contribution in [1.29, 1.82) is 0 Å². The minimum absolute atomic E-state index is 0.0614. The molecule has 1 aromatic carbocycles. The molecule has 35 heavy (non-hydrogen) atoms. The van der Waals surface area contributed by atoms with E-state index in [0.717, 1.165) is 42.0 Å². The lowest BCUT2D eigenvalue weighted by Crippen LogP contribution is -2.15. The number of aryl methyl sites for hydroxylation is 1. The molecule has 0 bridgehead atoms. The van der Waals surface area contributed by atoms with Gasteiger partial charge in [0.15, 0.2) is 5.78 Å². The summed E-state index contributed by atoms with van der Waals surface area (Å²) in [7, 11) is 2.01. The minimum Gasteiger partial charge on any atom is -0.466 e. The van der Waals surface area contributed by atoms with Crippen LogP contribution in [0.25, 0.3) is 0 Å². The number of carbonyl (C=O) groups excluding carboxylic acids is 2. The third kappa shape index (κ3) is 8.87. The van der Waals surface area contributed by atoms with Crippen LogP contribution >= 0.6 is 0 Å². The standard InChI is InChI=1S/C30H46N2O3/c1-6-10-14-23(15-11-7-2)22-31-25-17-12-16-24(20-25)30(34)27-21-26(32(5)28(27)8-3)18-13-19-29(33)35-9-4/h12,16-17,20-21,23,31H,6-11,13-15,18-19,22H2,1-5H3. The van der Waals surface area contributed by atoms with Gasteiger partial charge >= 0.3 is 5.97 Å². The van der Waals surface area contributed by atoms with Crippen molar-refractivity contribution < 1.29 is 14.3 Å². The highest BCUT2D eigenvalue weighted by molar-refractivity contribution is 6.10. The highest BCUT2D eigenvalue weighted by Gasteiger charge is 2.19. The second-order valence-electron chi connectivity index (χ2n) is 9.51. The van der Waals surface area contributed by atoms with Gasteiger partial charge in [0, 0.05) is 48.2 Å². The average molecular weight is 483 g/mol. The molecule has 0 fully saturated rings. The largest absolute Gasteiger partial charge is 0.466 e. The number of ketones is 1. The molecule has 0 aliphatic rings. The molecule has 0 atom stereocenters. The number of aromatic nitrogens is 1. The van der Waals surface area contributed by atoms with E-state index in [1.807, 2.05) is 38.2 Å². The summed E-state index contributed by atoms with van der Waals surface area (Å²) < 4.78 is 7.15. The summed E-state index contributed by atoms with van der Waals surface area (Å²) in [5, 5.41) is 3.60. The molecule has 0 saturated heterocycles. The summed E-state index contributed by atoms with van der Waals surface area (Å²) in [5.41, 5.74) is 4.61. The summed E-state index contributed by atoms with van der Waals surface area (Å²) in [6.45, 7) is 9.77. The smallest absolute Gasteiger partial charge is 0.305 e. The predicted molar refractivity (Wildman–Crippen MR) is 145 cm³/mol. The van der Waals surface area contributed by atoms with Crippen molar-refractivity contribution in [1.82, 2.24) is 4.57 Å². The lowest BCUT2D eigenvalue weighted by atomic mass is 9.95. The Bertz CT molecular complexity index is 924. The van der Waals surface area contributed by atoms with E-state index in [0.29, 0.717) is 30.9 Å². The van der Waals surface area contributed by atoms with Gasteiger partial charge in [-0.05, 0) is 63.1 Å². The van der Waals surface area contributed by atoms with Crippen LogP contribution in [0.2, 0.25) is 0 Å². The van der Waals surface area contributed by atoms with Crippen LogP contribution in [0.1, 0.15) is 106 Å². The minimum atomic E-state index is -0.162. The van der Waals surface area contributed by atoms with E-state index in [1.165, 1.54) is 38.5 Å². The molecular weight excluding hydrogens is 436 g/mol. The Balaban J connectivity index is 2.11. The molecule has 1 N–H and O–H groups in total. The number of esters is 1. The maximum atomic E-state index is 13.5. The van der Waals surface area contributed by atoms with Crippen LogP contribution in [-0.4, -0.2) is 29.5 Å². The molecule has 2 aromatic rings. The molecule has 0 amide bonds. The van der Waals surface area contributed by atoms with Crippen LogP contribution in [0.15, 0.2) is 30.3 Å². The van der Waals surface area contributed by atoms with Gasteiger partial charge in [-0.1, -0.05) is 58.6 Å². The zero-order valence-corrected chi connectivity index (χ0v) is 22.6. The van der Waals surface area contributed by atoms with Crippen molar-refractivity contribution in [3.05, 3.63) is 52.8 Å². The van der Waals surface area contributed by atoms with Gasteiger partial charge in [0.05, 0.1) is 6.61 Å². The third-order valence-corrected chi connectivity index (χ3v) is 6.81. The van der Waals surface area contributed by atoms with E-state index >= 15 is 0 Å². The predicted octanol–water partition coefficient (Wildman–Crippen LogP) is 7.11. The van der Waals surface area contributed by atoms with Crippen molar-refractivity contribution in [2.45, 2.75) is 91.9 Å². The number of nitrogens with one attached hydrogen (secondary N) is 1. The summed E-state index contributed by atoms with van der Waals surface area (Å²) in [5.74, 6) is 0.572. The first-order valence-corrected chi connectivity index (χ1v) is 13.7. The fourth-order valence-electron chi connectivity index (χ4n) is 4.73. The molecule has 0 aliphatic heterocycles. The molecule has 0 unspecified atom stereocenters. The number of nitrogens with zero attached hydrogens (tertiary/aromatic N) is 1. The average Bonchev–Trinajstić information content (AvgIpc) is 3.18. The number of carbonyl (C=O) groups is 2. The van der Waals surface area contributed by atoms with Gasteiger partial charge in [0.1, 0.15) is 0 Å². The number of hydrogen-bond donors (Lipinski definition) is 1. The van der Waals surface area contributed by atoms with Crippen LogP contribution < -0.4 is 5.32 Å². The first kappa shape index (κ1) is 28.7. The fraction of sp³-hybridized carbons (Fsp3) is 0.600. The Kier molecular flexibility index (Phi) is 12.6. The van der Waals surface area contributed by atoms with Crippen LogP contribution in [-0.2, 0) is 29.4 Å². The molecule has 0 aliphatic carbocycles. The third-order valence-electron chi connectivity index (χ3n) is 6.81. The monoisotopic (exact) mass is 482 g/mol. The van der Waals surface area contributed by atoms with Crippen molar-refractivity contribution >= 4 is 17.4 Å². The molecule has 0 saturated carbocycles. The molecule has 2 rings (SSSR count). The molecule has 5 heteroatoms. The maximum absolute atomic E-state index is 13.5. The van der Waals surface area contributed by atoms with E-state index in [-0.39, 0.29) is 11.8 Å². The molecule has 1 aromatic heterocycles. The van der Waals surface area contributed by atoms with Crippen molar-refractivity contribution in [2.75, 3.05) is 18.5 Å². The zero-order valence-electron chi connectivity index (χ0n) is 22.6. The Hall–Kier alpha value is -2.56. The topological polar surface area (TPSA) is 60.3 Å². The number of rotatable bonds is 17. The Morgan fingerprint density at radius 2 is 1.71 bits per heavy atom. The van der Waals surface area contributed by atoms with Gasteiger partial charge in [0.2, 0.25) is 0 Å². The van der Waals surface area contributed by atoms with Gasteiger partial charge in [0.25, 0.3) is 0 Å². The van der Waals surface area contributed by atoms with E-state index in [4.69, 9.17) is 4.74 Å². The molecule has 5 nitrogen and oxygen atoms in total. The first-order chi connectivity index (χ1) is 16.9. The van der Waals surface area contributed by atoms with Gasteiger partial charge in [-0.3, -0.25) is 9.59 Å². The highest BCUT2D eigenvalue weighted by Crippen LogP contribution is 2.23. The molecule has 0 spiro atoms. The number of ether oxygens (including phenoxy) is 1. The van der Waals surface area contributed by atoms with Crippen LogP contribution in [0.5, 0.6) is 0 Å². The van der Waals surface area contributed by atoms with Crippen molar-refractivity contribution in [3.8, 4) is 0 Å². The van der Waals surface area contributed by atoms with Crippen LogP contribution in [0.3, 0.4) is 0 Å². The van der Waals surface area contributed by atoms with Crippen LogP contribution in [0, 0.1) is 5.92 Å². The number of hydrogen-bond acceptors (Lipinski definition) is 4. The van der Waals surface area contributed by atoms with Gasteiger partial charge in [-0.25, -0.2) is 0 Å². The molecule has 0 radical (unpaired) electrons. The second-order valence-corrected chi connectivity index (χ2v) is 9.51. The first-order valence-electron chi connectivity index (χ1n) is 13.7. The zero-order chi connectivity index (χ0) is 25.6. The second kappa shape index (κ2) is 15.4.